The average Bonchev–Trinajstić information content (AvgIpc) is 3.32. The van der Waals surface area contributed by atoms with E-state index in [0.717, 1.165) is 26.8 Å². The van der Waals surface area contributed by atoms with Crippen LogP contribution >= 0.6 is 15.9 Å². The summed E-state index contributed by atoms with van der Waals surface area (Å²) in [5, 5.41) is 9.48. The number of hydrogen-bond acceptors (Lipinski definition) is 4. The summed E-state index contributed by atoms with van der Waals surface area (Å²) in [4.78, 5) is 43.3. The molecule has 5 rings (SSSR count). The van der Waals surface area contributed by atoms with Crippen molar-refractivity contribution in [1.82, 2.24) is 10.3 Å². The fraction of sp³-hybridized carbons (Fsp3) is 0.179. The van der Waals surface area contributed by atoms with Gasteiger partial charge in [0.25, 0.3) is 5.91 Å². The number of nitrogens with zero attached hydrogens (tertiary/aromatic N) is 1. The molecule has 10 heteroatoms. The first-order valence-corrected chi connectivity index (χ1v) is 12.9. The number of fused-ring (bicyclic) bond motifs is 1. The number of para-hydroxylation sites is 1. The average molecular weight is 576 g/mol. The van der Waals surface area contributed by atoms with Gasteiger partial charge in [0, 0.05) is 45.7 Å². The minimum absolute atomic E-state index is 0.0571. The van der Waals surface area contributed by atoms with E-state index in [2.05, 4.69) is 36.9 Å². The summed E-state index contributed by atoms with van der Waals surface area (Å²) < 4.78 is 6.01. The lowest BCUT2D eigenvalue weighted by Gasteiger charge is -2.27. The minimum Gasteiger partial charge on any atom is -0.370 e. The SMILES string of the molecule is O=C(Nc1cccc(Br)c1)N[C@H](Cc1cc2ccccc2[nH]1)C(=O)Nc1ccc(N2CCOCC2=O)cc1. The van der Waals surface area contributed by atoms with Crippen LogP contribution in [0.2, 0.25) is 0 Å². The van der Waals surface area contributed by atoms with Crippen molar-refractivity contribution in [2.24, 2.45) is 0 Å². The van der Waals surface area contributed by atoms with E-state index in [1.807, 2.05) is 42.5 Å². The molecule has 1 fully saturated rings. The first-order chi connectivity index (χ1) is 18.4. The molecule has 4 amide bonds. The zero-order chi connectivity index (χ0) is 26.5. The molecule has 2 heterocycles. The number of rotatable bonds is 7. The Morgan fingerprint density at radius 2 is 1.79 bits per heavy atom. The van der Waals surface area contributed by atoms with Crippen molar-refractivity contribution < 1.29 is 19.1 Å². The Bertz CT molecular complexity index is 1440. The van der Waals surface area contributed by atoms with Crippen LogP contribution in [0.5, 0.6) is 0 Å². The van der Waals surface area contributed by atoms with Gasteiger partial charge in [-0.15, -0.1) is 0 Å². The van der Waals surface area contributed by atoms with Crippen LogP contribution in [0.1, 0.15) is 5.69 Å². The summed E-state index contributed by atoms with van der Waals surface area (Å²) in [5.74, 6) is -0.477. The van der Waals surface area contributed by atoms with E-state index in [1.165, 1.54) is 0 Å². The van der Waals surface area contributed by atoms with Crippen LogP contribution in [0.15, 0.2) is 83.3 Å². The maximum atomic E-state index is 13.4. The topological polar surface area (TPSA) is 116 Å². The van der Waals surface area contributed by atoms with Gasteiger partial charge in [-0.1, -0.05) is 40.2 Å². The number of ether oxygens (including phenoxy) is 1. The Morgan fingerprint density at radius 1 is 0.974 bits per heavy atom. The molecule has 194 valence electrons. The number of morpholine rings is 1. The fourth-order valence-corrected chi connectivity index (χ4v) is 4.71. The van der Waals surface area contributed by atoms with Gasteiger partial charge in [0.15, 0.2) is 0 Å². The number of carbonyl (C=O) groups excluding carboxylic acids is 3. The van der Waals surface area contributed by atoms with Gasteiger partial charge < -0.3 is 30.6 Å². The second-order valence-corrected chi connectivity index (χ2v) is 9.80. The van der Waals surface area contributed by atoms with E-state index >= 15 is 0 Å². The van der Waals surface area contributed by atoms with Crippen LogP contribution in [0, 0.1) is 0 Å². The third-order valence-electron chi connectivity index (χ3n) is 6.15. The number of benzene rings is 3. The molecule has 3 aromatic carbocycles. The van der Waals surface area contributed by atoms with Gasteiger partial charge in [-0.05, 0) is 60.0 Å². The molecule has 1 aromatic heterocycles. The highest BCUT2D eigenvalue weighted by Gasteiger charge is 2.24. The van der Waals surface area contributed by atoms with Crippen molar-refractivity contribution in [3.05, 3.63) is 89.0 Å². The number of hydrogen-bond donors (Lipinski definition) is 4. The minimum atomic E-state index is -0.865. The lowest BCUT2D eigenvalue weighted by molar-refractivity contribution is -0.125. The summed E-state index contributed by atoms with van der Waals surface area (Å²) in [7, 11) is 0. The Morgan fingerprint density at radius 3 is 2.55 bits per heavy atom. The van der Waals surface area contributed by atoms with Crippen molar-refractivity contribution in [2.45, 2.75) is 12.5 Å². The number of amides is 4. The lowest BCUT2D eigenvalue weighted by atomic mass is 10.1. The summed E-state index contributed by atoms with van der Waals surface area (Å²) >= 11 is 3.39. The van der Waals surface area contributed by atoms with Crippen LogP contribution in [0.3, 0.4) is 0 Å². The van der Waals surface area contributed by atoms with Gasteiger partial charge in [-0.25, -0.2) is 4.79 Å². The van der Waals surface area contributed by atoms with Gasteiger partial charge in [0.1, 0.15) is 12.6 Å². The van der Waals surface area contributed by atoms with Crippen molar-refractivity contribution >= 4 is 61.7 Å². The van der Waals surface area contributed by atoms with Gasteiger partial charge in [-0.2, -0.15) is 0 Å². The van der Waals surface area contributed by atoms with Crippen molar-refractivity contribution in [2.75, 3.05) is 35.3 Å². The maximum Gasteiger partial charge on any atom is 0.319 e. The van der Waals surface area contributed by atoms with Crippen LogP contribution in [-0.4, -0.2) is 48.6 Å². The third-order valence-corrected chi connectivity index (χ3v) is 6.64. The Labute approximate surface area is 227 Å². The molecule has 0 saturated carbocycles. The first-order valence-electron chi connectivity index (χ1n) is 12.1. The molecular weight excluding hydrogens is 550 g/mol. The molecule has 0 bridgehead atoms. The first kappa shape index (κ1) is 25.5. The van der Waals surface area contributed by atoms with E-state index < -0.39 is 12.1 Å². The van der Waals surface area contributed by atoms with Crippen molar-refractivity contribution in [1.29, 1.82) is 0 Å². The highest BCUT2D eigenvalue weighted by Crippen LogP contribution is 2.21. The van der Waals surface area contributed by atoms with Crippen molar-refractivity contribution in [3.63, 3.8) is 0 Å². The highest BCUT2D eigenvalue weighted by atomic mass is 79.9. The maximum absolute atomic E-state index is 13.4. The van der Waals surface area contributed by atoms with E-state index in [1.54, 1.807) is 41.3 Å². The Kier molecular flexibility index (Phi) is 7.71. The molecule has 1 atom stereocenters. The number of carbonyl (C=O) groups is 3. The molecule has 0 spiro atoms. The number of halogens is 1. The quantitative estimate of drug-likeness (QED) is 0.256. The van der Waals surface area contributed by atoms with E-state index in [9.17, 15) is 14.4 Å². The van der Waals surface area contributed by atoms with E-state index in [0.29, 0.717) is 24.5 Å². The predicted molar refractivity (Wildman–Crippen MR) is 150 cm³/mol. The molecule has 38 heavy (non-hydrogen) atoms. The van der Waals surface area contributed by atoms with Crippen molar-refractivity contribution in [3.8, 4) is 0 Å². The Hall–Kier alpha value is -4.15. The number of aromatic amines is 1. The largest absolute Gasteiger partial charge is 0.370 e. The number of nitrogens with one attached hydrogen (secondary N) is 4. The van der Waals surface area contributed by atoms with Crippen LogP contribution in [0.25, 0.3) is 10.9 Å². The van der Waals surface area contributed by atoms with Crippen LogP contribution < -0.4 is 20.9 Å². The third kappa shape index (κ3) is 6.21. The normalized spacial score (nSPS) is 14.2. The van der Waals surface area contributed by atoms with Gasteiger partial charge in [0.2, 0.25) is 5.91 Å². The summed E-state index contributed by atoms with van der Waals surface area (Å²) in [6, 6.07) is 22.7. The summed E-state index contributed by atoms with van der Waals surface area (Å²) in [5.41, 5.74) is 3.64. The molecule has 1 aliphatic heterocycles. The lowest BCUT2D eigenvalue weighted by Crippen LogP contribution is -2.47. The summed E-state index contributed by atoms with van der Waals surface area (Å²) in [6.07, 6.45) is 0.257. The number of anilines is 3. The zero-order valence-electron chi connectivity index (χ0n) is 20.4. The molecule has 1 aliphatic rings. The molecule has 1 saturated heterocycles. The Balaban J connectivity index is 1.31. The standard InChI is InChI=1S/C28H26BrN5O4/c29-19-5-3-6-21(15-19)32-28(37)33-25(16-22-14-18-4-1-2-7-24(18)30-22)27(36)31-20-8-10-23(11-9-20)34-12-13-38-17-26(34)35/h1-11,14-15,25,30H,12-13,16-17H2,(H,31,36)(H2,32,33,37)/t25-/m1/s1. The number of urea groups is 1. The number of H-pyrrole nitrogens is 1. The smallest absolute Gasteiger partial charge is 0.319 e. The molecule has 0 radical (unpaired) electrons. The van der Waals surface area contributed by atoms with Gasteiger partial charge >= 0.3 is 6.03 Å². The number of aromatic nitrogens is 1. The molecule has 4 aromatic rings. The van der Waals surface area contributed by atoms with Crippen LogP contribution in [0.4, 0.5) is 21.9 Å². The molecule has 0 aliphatic carbocycles. The predicted octanol–water partition coefficient (Wildman–Crippen LogP) is 4.67. The van der Waals surface area contributed by atoms with Gasteiger partial charge in [-0.3, -0.25) is 9.59 Å². The van der Waals surface area contributed by atoms with Crippen LogP contribution in [-0.2, 0) is 20.7 Å². The second-order valence-electron chi connectivity index (χ2n) is 8.88. The molecule has 0 unspecified atom stereocenters. The second kappa shape index (κ2) is 11.5. The summed E-state index contributed by atoms with van der Waals surface area (Å²) in [6.45, 7) is 1.02. The monoisotopic (exact) mass is 575 g/mol. The zero-order valence-corrected chi connectivity index (χ0v) is 22.0. The van der Waals surface area contributed by atoms with E-state index in [4.69, 9.17) is 4.74 Å². The fourth-order valence-electron chi connectivity index (χ4n) is 4.31. The molecule has 9 nitrogen and oxygen atoms in total. The highest BCUT2D eigenvalue weighted by molar-refractivity contribution is 9.10. The molecule has 4 N–H and O–H groups in total. The van der Waals surface area contributed by atoms with Gasteiger partial charge in [0.05, 0.1) is 6.61 Å². The van der Waals surface area contributed by atoms with E-state index in [-0.39, 0.29) is 24.8 Å². The molecular formula is C28H26BrN5O4.